The van der Waals surface area contributed by atoms with E-state index in [9.17, 15) is 8.78 Å². The number of hydrogen-bond acceptors (Lipinski definition) is 2. The number of hydrogen-bond donors (Lipinski definition) is 2. The van der Waals surface area contributed by atoms with Gasteiger partial charge in [-0.1, -0.05) is 12.8 Å². The average molecular weight is 254 g/mol. The average Bonchev–Trinajstić information content (AvgIpc) is 2.84. The van der Waals surface area contributed by atoms with Gasteiger partial charge in [-0.15, -0.1) is 0 Å². The molecule has 1 saturated carbocycles. The molecule has 2 nitrogen and oxygen atoms in total. The van der Waals surface area contributed by atoms with E-state index in [1.807, 2.05) is 0 Å². The second-order valence-corrected chi connectivity index (χ2v) is 5.12. The first-order chi connectivity index (χ1) is 8.58. The number of nitrogens with one attached hydrogen (secondary N) is 1. The summed E-state index contributed by atoms with van der Waals surface area (Å²) in [7, 11) is 0. The van der Waals surface area contributed by atoms with Crippen LogP contribution in [0, 0.1) is 5.92 Å². The number of benzene rings is 1. The van der Waals surface area contributed by atoms with Gasteiger partial charge in [0.25, 0.3) is 6.43 Å². The SMILES string of the molecule is CC(Nc1ccc(N)cc1C(F)F)C1CCCC1. The molecule has 0 saturated heterocycles. The first-order valence-corrected chi connectivity index (χ1v) is 6.52. The molecule has 2 rings (SSSR count). The van der Waals surface area contributed by atoms with Crippen molar-refractivity contribution in [2.24, 2.45) is 5.92 Å². The molecular weight excluding hydrogens is 234 g/mol. The van der Waals surface area contributed by atoms with E-state index in [0.29, 0.717) is 17.3 Å². The minimum atomic E-state index is -2.49. The van der Waals surface area contributed by atoms with Crippen molar-refractivity contribution < 1.29 is 8.78 Å². The topological polar surface area (TPSA) is 38.0 Å². The smallest absolute Gasteiger partial charge is 0.265 e. The lowest BCUT2D eigenvalue weighted by molar-refractivity contribution is 0.152. The van der Waals surface area contributed by atoms with Gasteiger partial charge in [0.1, 0.15) is 0 Å². The fourth-order valence-corrected chi connectivity index (χ4v) is 2.71. The predicted octanol–water partition coefficient (Wildman–Crippen LogP) is 4.20. The van der Waals surface area contributed by atoms with E-state index in [1.54, 1.807) is 12.1 Å². The molecule has 18 heavy (non-hydrogen) atoms. The van der Waals surface area contributed by atoms with Gasteiger partial charge in [-0.3, -0.25) is 0 Å². The van der Waals surface area contributed by atoms with E-state index in [0.717, 1.165) is 0 Å². The van der Waals surface area contributed by atoms with Gasteiger partial charge in [0.05, 0.1) is 0 Å². The lowest BCUT2D eigenvalue weighted by Crippen LogP contribution is -2.24. The molecule has 1 aromatic rings. The maximum Gasteiger partial charge on any atom is 0.265 e. The second-order valence-electron chi connectivity index (χ2n) is 5.12. The molecule has 1 aliphatic rings. The third-order valence-electron chi connectivity index (χ3n) is 3.80. The fraction of sp³-hybridized carbons (Fsp3) is 0.571. The maximum atomic E-state index is 12.9. The summed E-state index contributed by atoms with van der Waals surface area (Å²) in [6.45, 7) is 2.07. The van der Waals surface area contributed by atoms with Crippen LogP contribution < -0.4 is 11.1 Å². The molecular formula is C14H20F2N2. The predicted molar refractivity (Wildman–Crippen MR) is 70.9 cm³/mol. The normalized spacial score (nSPS) is 18.2. The third-order valence-corrected chi connectivity index (χ3v) is 3.80. The van der Waals surface area contributed by atoms with Crippen molar-refractivity contribution in [3.05, 3.63) is 23.8 Å². The molecule has 1 aliphatic carbocycles. The number of alkyl halides is 2. The summed E-state index contributed by atoms with van der Waals surface area (Å²) in [5.74, 6) is 0.591. The van der Waals surface area contributed by atoms with Gasteiger partial charge in [0, 0.05) is 23.0 Å². The Hall–Kier alpha value is -1.32. The molecule has 0 spiro atoms. The zero-order valence-electron chi connectivity index (χ0n) is 10.6. The van der Waals surface area contributed by atoms with Gasteiger partial charge in [0.15, 0.2) is 0 Å². The van der Waals surface area contributed by atoms with E-state index in [2.05, 4.69) is 12.2 Å². The van der Waals surface area contributed by atoms with Crippen molar-refractivity contribution in [2.45, 2.75) is 45.1 Å². The lowest BCUT2D eigenvalue weighted by atomic mass is 9.99. The molecule has 0 amide bonds. The first-order valence-electron chi connectivity index (χ1n) is 6.52. The van der Waals surface area contributed by atoms with E-state index >= 15 is 0 Å². The Bertz CT molecular complexity index is 401. The van der Waals surface area contributed by atoms with Crippen LogP contribution in [0.5, 0.6) is 0 Å². The van der Waals surface area contributed by atoms with Crippen LogP contribution in [-0.2, 0) is 0 Å². The van der Waals surface area contributed by atoms with E-state index in [-0.39, 0.29) is 11.6 Å². The maximum absolute atomic E-state index is 12.9. The monoisotopic (exact) mass is 254 g/mol. The summed E-state index contributed by atoms with van der Waals surface area (Å²) in [5, 5.41) is 3.23. The van der Waals surface area contributed by atoms with E-state index in [1.165, 1.54) is 31.7 Å². The summed E-state index contributed by atoms with van der Waals surface area (Å²) in [6.07, 6.45) is 2.38. The molecule has 4 heteroatoms. The highest BCUT2D eigenvalue weighted by Crippen LogP contribution is 2.33. The molecule has 1 unspecified atom stereocenters. The zero-order valence-corrected chi connectivity index (χ0v) is 10.6. The van der Waals surface area contributed by atoms with Crippen molar-refractivity contribution >= 4 is 11.4 Å². The summed E-state index contributed by atoms with van der Waals surface area (Å²) >= 11 is 0. The van der Waals surface area contributed by atoms with Gasteiger partial charge < -0.3 is 11.1 Å². The second kappa shape index (κ2) is 5.55. The van der Waals surface area contributed by atoms with Crippen molar-refractivity contribution in [2.75, 3.05) is 11.1 Å². The van der Waals surface area contributed by atoms with Crippen LogP contribution >= 0.6 is 0 Å². The minimum Gasteiger partial charge on any atom is -0.399 e. The van der Waals surface area contributed by atoms with Gasteiger partial charge in [0.2, 0.25) is 0 Å². The Morgan fingerprint density at radius 1 is 1.28 bits per heavy atom. The molecule has 1 aromatic carbocycles. The largest absolute Gasteiger partial charge is 0.399 e. The Labute approximate surface area is 107 Å². The number of nitrogen functional groups attached to an aromatic ring is 1. The molecule has 0 aromatic heterocycles. The van der Waals surface area contributed by atoms with Crippen molar-refractivity contribution in [3.8, 4) is 0 Å². The van der Waals surface area contributed by atoms with Gasteiger partial charge in [-0.2, -0.15) is 0 Å². The summed E-state index contributed by atoms with van der Waals surface area (Å²) in [5.41, 5.74) is 6.45. The summed E-state index contributed by atoms with van der Waals surface area (Å²) in [6, 6.07) is 4.90. The van der Waals surface area contributed by atoms with Crippen LogP contribution in [0.4, 0.5) is 20.2 Å². The number of nitrogens with two attached hydrogens (primary N) is 1. The van der Waals surface area contributed by atoms with Gasteiger partial charge >= 0.3 is 0 Å². The minimum absolute atomic E-state index is 0.000142. The molecule has 0 heterocycles. The van der Waals surface area contributed by atoms with Crippen molar-refractivity contribution in [3.63, 3.8) is 0 Å². The Balaban J connectivity index is 2.12. The van der Waals surface area contributed by atoms with Gasteiger partial charge in [-0.25, -0.2) is 8.78 Å². The molecule has 3 N–H and O–H groups in total. The van der Waals surface area contributed by atoms with Crippen LogP contribution in [-0.4, -0.2) is 6.04 Å². The van der Waals surface area contributed by atoms with E-state index in [4.69, 9.17) is 5.73 Å². The quantitative estimate of drug-likeness (QED) is 0.790. The highest BCUT2D eigenvalue weighted by atomic mass is 19.3. The van der Waals surface area contributed by atoms with Crippen LogP contribution in [0.3, 0.4) is 0 Å². The highest BCUT2D eigenvalue weighted by molar-refractivity contribution is 5.59. The van der Waals surface area contributed by atoms with Crippen LogP contribution in [0.2, 0.25) is 0 Å². The van der Waals surface area contributed by atoms with Crippen molar-refractivity contribution in [1.29, 1.82) is 0 Å². The van der Waals surface area contributed by atoms with Crippen LogP contribution in [0.25, 0.3) is 0 Å². The Morgan fingerprint density at radius 2 is 1.94 bits per heavy atom. The van der Waals surface area contributed by atoms with Crippen molar-refractivity contribution in [1.82, 2.24) is 0 Å². The standard InChI is InChI=1S/C14H20F2N2/c1-9(10-4-2-3-5-10)18-13-7-6-11(17)8-12(13)14(15)16/h6-10,14,18H,2-5,17H2,1H3. The zero-order chi connectivity index (χ0) is 13.1. The number of anilines is 2. The molecule has 100 valence electrons. The molecule has 1 fully saturated rings. The number of halogens is 2. The van der Waals surface area contributed by atoms with E-state index < -0.39 is 6.43 Å². The summed E-state index contributed by atoms with van der Waals surface area (Å²) < 4.78 is 25.9. The number of rotatable bonds is 4. The fourth-order valence-electron chi connectivity index (χ4n) is 2.71. The van der Waals surface area contributed by atoms with Crippen LogP contribution in [0.15, 0.2) is 18.2 Å². The summed E-state index contributed by atoms with van der Waals surface area (Å²) in [4.78, 5) is 0. The first kappa shape index (κ1) is 13.1. The molecule has 0 radical (unpaired) electrons. The highest BCUT2D eigenvalue weighted by Gasteiger charge is 2.23. The molecule has 1 atom stereocenters. The Morgan fingerprint density at radius 3 is 2.56 bits per heavy atom. The van der Waals surface area contributed by atoms with Crippen LogP contribution in [0.1, 0.15) is 44.6 Å². The third kappa shape index (κ3) is 2.92. The molecule has 0 aliphatic heterocycles. The van der Waals surface area contributed by atoms with Gasteiger partial charge in [-0.05, 0) is 43.9 Å². The lowest BCUT2D eigenvalue weighted by Gasteiger charge is -2.23. The molecule has 0 bridgehead atoms. The Kier molecular flexibility index (Phi) is 4.04.